The third-order valence-corrected chi connectivity index (χ3v) is 2.78. The minimum atomic E-state index is -3.89. The first kappa shape index (κ1) is 13.7. The number of rotatable bonds is 3. The summed E-state index contributed by atoms with van der Waals surface area (Å²) in [4.78, 5) is 1.43. The molecule has 1 atom stereocenters. The second-order valence-corrected chi connectivity index (χ2v) is 4.34. The first-order valence-corrected chi connectivity index (χ1v) is 5.53. The van der Waals surface area contributed by atoms with Crippen molar-refractivity contribution in [1.82, 2.24) is 10.2 Å². The first-order valence-electron chi connectivity index (χ1n) is 5.53. The highest BCUT2D eigenvalue weighted by molar-refractivity contribution is 4.77. The molecule has 0 radical (unpaired) electrons. The van der Waals surface area contributed by atoms with Crippen LogP contribution in [0, 0.1) is 0 Å². The molecule has 1 aliphatic rings. The molecule has 1 saturated heterocycles. The highest BCUT2D eigenvalue weighted by atomic mass is 19.3. The predicted octanol–water partition coefficient (Wildman–Crippen LogP) is 1.96. The van der Waals surface area contributed by atoms with Crippen molar-refractivity contribution < 1.29 is 17.6 Å². The number of nitrogens with zero attached hydrogens (tertiary/aromatic N) is 1. The second-order valence-electron chi connectivity index (χ2n) is 4.34. The van der Waals surface area contributed by atoms with Gasteiger partial charge in [0.1, 0.15) is 0 Å². The van der Waals surface area contributed by atoms with Gasteiger partial charge in [0.2, 0.25) is 0 Å². The molecule has 1 rings (SSSR count). The van der Waals surface area contributed by atoms with Crippen molar-refractivity contribution in [2.75, 3.05) is 26.2 Å². The minimum Gasteiger partial charge on any atom is -0.314 e. The van der Waals surface area contributed by atoms with E-state index in [0.717, 1.165) is 6.54 Å². The van der Waals surface area contributed by atoms with E-state index in [9.17, 15) is 17.6 Å². The number of hydrogen-bond donors (Lipinski definition) is 1. The molecule has 6 heteroatoms. The molecule has 0 bridgehead atoms. The molecule has 1 N–H and O–H groups in total. The van der Waals surface area contributed by atoms with Gasteiger partial charge in [-0.05, 0) is 39.4 Å². The van der Waals surface area contributed by atoms with Crippen LogP contribution in [0.25, 0.3) is 0 Å². The normalized spacial score (nSPS) is 25.5. The van der Waals surface area contributed by atoms with Gasteiger partial charge in [-0.1, -0.05) is 0 Å². The zero-order valence-electron chi connectivity index (χ0n) is 9.36. The van der Waals surface area contributed by atoms with E-state index in [1.165, 1.54) is 4.90 Å². The molecule has 0 aromatic heterocycles. The number of alkyl halides is 4. The average Bonchev–Trinajstić information content (AvgIpc) is 2.17. The van der Waals surface area contributed by atoms with E-state index >= 15 is 0 Å². The van der Waals surface area contributed by atoms with Gasteiger partial charge in [0.05, 0.1) is 6.54 Å². The van der Waals surface area contributed by atoms with Gasteiger partial charge in [-0.15, -0.1) is 0 Å². The summed E-state index contributed by atoms with van der Waals surface area (Å²) in [7, 11) is 0. The van der Waals surface area contributed by atoms with E-state index in [1.807, 2.05) is 6.92 Å². The Morgan fingerprint density at radius 1 is 1.38 bits per heavy atom. The third-order valence-electron chi connectivity index (χ3n) is 2.78. The monoisotopic (exact) mass is 242 g/mol. The molecule has 0 saturated carbocycles. The summed E-state index contributed by atoms with van der Waals surface area (Å²) >= 11 is 0. The summed E-state index contributed by atoms with van der Waals surface area (Å²) in [6.45, 7) is 2.77. The van der Waals surface area contributed by atoms with E-state index in [2.05, 4.69) is 5.32 Å². The standard InChI is InChI=1S/C10H18F4N2/c1-8-3-6-16(5-2-4-15-8)7-10(13,14)9(11)12/h8-9,15H,2-7H2,1H3. The molecule has 0 spiro atoms. The molecule has 0 aromatic carbocycles. The highest BCUT2D eigenvalue weighted by Gasteiger charge is 2.42. The van der Waals surface area contributed by atoms with Crippen molar-refractivity contribution in [2.24, 2.45) is 0 Å². The smallest absolute Gasteiger partial charge is 0.314 e. The Hall–Kier alpha value is -0.360. The summed E-state index contributed by atoms with van der Waals surface area (Å²) in [5.41, 5.74) is 0. The largest absolute Gasteiger partial charge is 0.319 e. The molecule has 1 aliphatic heterocycles. The Morgan fingerprint density at radius 2 is 2.06 bits per heavy atom. The Morgan fingerprint density at radius 3 is 2.69 bits per heavy atom. The fourth-order valence-electron chi connectivity index (χ4n) is 1.77. The molecule has 96 valence electrons. The van der Waals surface area contributed by atoms with E-state index in [0.29, 0.717) is 25.9 Å². The lowest BCUT2D eigenvalue weighted by molar-refractivity contribution is -0.142. The first-order chi connectivity index (χ1) is 7.42. The second kappa shape index (κ2) is 5.82. The van der Waals surface area contributed by atoms with Crippen LogP contribution in [0.5, 0.6) is 0 Å². The maximum atomic E-state index is 12.9. The van der Waals surface area contributed by atoms with Gasteiger partial charge in [-0.2, -0.15) is 8.78 Å². The van der Waals surface area contributed by atoms with Gasteiger partial charge < -0.3 is 5.32 Å². The van der Waals surface area contributed by atoms with Crippen molar-refractivity contribution in [3.63, 3.8) is 0 Å². The minimum absolute atomic E-state index is 0.253. The lowest BCUT2D eigenvalue weighted by Crippen LogP contribution is -2.45. The Bertz CT molecular complexity index is 211. The van der Waals surface area contributed by atoms with Crippen molar-refractivity contribution in [1.29, 1.82) is 0 Å². The molecule has 1 unspecified atom stereocenters. The molecule has 2 nitrogen and oxygen atoms in total. The Labute approximate surface area is 93.0 Å². The molecule has 0 aliphatic carbocycles. The maximum Gasteiger partial charge on any atom is 0.319 e. The molecule has 0 aromatic rings. The quantitative estimate of drug-likeness (QED) is 0.761. The van der Waals surface area contributed by atoms with Crippen LogP contribution in [0.4, 0.5) is 17.6 Å². The number of nitrogens with one attached hydrogen (secondary N) is 1. The fraction of sp³-hybridized carbons (Fsp3) is 1.00. The summed E-state index contributed by atoms with van der Waals surface area (Å²) in [6, 6.07) is 0.253. The molecular weight excluding hydrogens is 224 g/mol. The van der Waals surface area contributed by atoms with Gasteiger partial charge in [0, 0.05) is 6.04 Å². The molecule has 1 heterocycles. The Kier molecular flexibility index (Phi) is 4.98. The van der Waals surface area contributed by atoms with E-state index < -0.39 is 18.9 Å². The number of hydrogen-bond acceptors (Lipinski definition) is 2. The molecule has 1 fully saturated rings. The maximum absolute atomic E-state index is 12.9. The number of halogens is 4. The van der Waals surface area contributed by atoms with E-state index in [4.69, 9.17) is 0 Å². The van der Waals surface area contributed by atoms with Crippen molar-refractivity contribution in [2.45, 2.75) is 38.2 Å². The molecule has 16 heavy (non-hydrogen) atoms. The fourth-order valence-corrected chi connectivity index (χ4v) is 1.77. The van der Waals surface area contributed by atoms with Crippen molar-refractivity contribution in [3.8, 4) is 0 Å². The van der Waals surface area contributed by atoms with Crippen LogP contribution in [0.15, 0.2) is 0 Å². The topological polar surface area (TPSA) is 15.3 Å². The zero-order chi connectivity index (χ0) is 12.2. The summed E-state index contributed by atoms with van der Waals surface area (Å²) in [6.07, 6.45) is -2.16. The van der Waals surface area contributed by atoms with Crippen LogP contribution in [0.3, 0.4) is 0 Å². The molecule has 0 amide bonds. The lowest BCUT2D eigenvalue weighted by atomic mass is 10.1. The van der Waals surface area contributed by atoms with Crippen LogP contribution in [-0.2, 0) is 0 Å². The van der Waals surface area contributed by atoms with E-state index in [1.54, 1.807) is 0 Å². The van der Waals surface area contributed by atoms with Crippen LogP contribution in [0.2, 0.25) is 0 Å². The highest BCUT2D eigenvalue weighted by Crippen LogP contribution is 2.24. The lowest BCUT2D eigenvalue weighted by Gasteiger charge is -2.30. The SMILES string of the molecule is CC1CCN(CC(F)(F)C(F)F)CCCN1. The van der Waals surface area contributed by atoms with Crippen LogP contribution >= 0.6 is 0 Å². The Balaban J connectivity index is 2.45. The average molecular weight is 242 g/mol. The molecular formula is C10H18F4N2. The third kappa shape index (κ3) is 4.25. The summed E-state index contributed by atoms with van der Waals surface area (Å²) in [5, 5.41) is 3.23. The zero-order valence-corrected chi connectivity index (χ0v) is 9.36. The van der Waals surface area contributed by atoms with Gasteiger partial charge in [-0.3, -0.25) is 4.90 Å². The van der Waals surface area contributed by atoms with Gasteiger partial charge in [0.25, 0.3) is 0 Å². The van der Waals surface area contributed by atoms with Gasteiger partial charge >= 0.3 is 12.3 Å². The predicted molar refractivity (Wildman–Crippen MR) is 54.1 cm³/mol. The van der Waals surface area contributed by atoms with Crippen LogP contribution < -0.4 is 5.32 Å². The van der Waals surface area contributed by atoms with Gasteiger partial charge in [-0.25, -0.2) is 8.78 Å². The summed E-state index contributed by atoms with van der Waals surface area (Å²) in [5.74, 6) is -3.89. The van der Waals surface area contributed by atoms with Crippen LogP contribution in [-0.4, -0.2) is 49.5 Å². The van der Waals surface area contributed by atoms with Crippen molar-refractivity contribution in [3.05, 3.63) is 0 Å². The van der Waals surface area contributed by atoms with E-state index in [-0.39, 0.29) is 6.04 Å². The van der Waals surface area contributed by atoms with Crippen LogP contribution in [0.1, 0.15) is 19.8 Å². The van der Waals surface area contributed by atoms with Crippen molar-refractivity contribution >= 4 is 0 Å². The van der Waals surface area contributed by atoms with Gasteiger partial charge in [0.15, 0.2) is 0 Å². The summed E-state index contributed by atoms with van der Waals surface area (Å²) < 4.78 is 49.8.